The highest BCUT2D eigenvalue weighted by molar-refractivity contribution is 5.93. The number of aromatic nitrogens is 3. The first-order valence-corrected chi connectivity index (χ1v) is 8.88. The summed E-state index contributed by atoms with van der Waals surface area (Å²) >= 11 is 0. The number of aryl methyl sites for hydroxylation is 2. The molecule has 1 fully saturated rings. The van der Waals surface area contributed by atoms with Crippen LogP contribution in [0.25, 0.3) is 0 Å². The van der Waals surface area contributed by atoms with Crippen LogP contribution in [-0.2, 0) is 13.2 Å². The van der Waals surface area contributed by atoms with E-state index in [1.807, 2.05) is 36.9 Å². The third kappa shape index (κ3) is 3.90. The van der Waals surface area contributed by atoms with Gasteiger partial charge in [-0.2, -0.15) is 5.10 Å². The summed E-state index contributed by atoms with van der Waals surface area (Å²) < 4.78 is 1.94. The monoisotopic (exact) mass is 342 g/mol. The highest BCUT2D eigenvalue weighted by atomic mass is 16.3. The molecule has 0 spiro atoms. The van der Waals surface area contributed by atoms with Gasteiger partial charge in [0, 0.05) is 18.4 Å². The minimum absolute atomic E-state index is 0.0289. The maximum Gasteiger partial charge on any atom is 0.250 e. The molecule has 1 aliphatic carbocycles. The van der Waals surface area contributed by atoms with Crippen LogP contribution < -0.4 is 5.73 Å². The van der Waals surface area contributed by atoms with Gasteiger partial charge in [0.2, 0.25) is 0 Å². The second kappa shape index (κ2) is 7.35. The van der Waals surface area contributed by atoms with Gasteiger partial charge in [-0.15, -0.1) is 0 Å². The van der Waals surface area contributed by atoms with E-state index in [-0.39, 0.29) is 6.61 Å². The van der Waals surface area contributed by atoms with Crippen LogP contribution >= 0.6 is 0 Å². The summed E-state index contributed by atoms with van der Waals surface area (Å²) in [5.41, 5.74) is 9.60. The summed E-state index contributed by atoms with van der Waals surface area (Å²) in [4.78, 5) is 15.9. The molecular formula is C19H26N4O2. The number of aliphatic hydroxyl groups excluding tert-OH is 1. The first kappa shape index (κ1) is 17.6. The van der Waals surface area contributed by atoms with Gasteiger partial charge in [0.25, 0.3) is 5.91 Å². The minimum atomic E-state index is -0.411. The Kier molecular flexibility index (Phi) is 5.18. The smallest absolute Gasteiger partial charge is 0.250 e. The van der Waals surface area contributed by atoms with Crippen molar-refractivity contribution in [3.63, 3.8) is 0 Å². The molecule has 2 heterocycles. The van der Waals surface area contributed by atoms with Gasteiger partial charge in [0.15, 0.2) is 0 Å². The van der Waals surface area contributed by atoms with Gasteiger partial charge in [-0.25, -0.2) is 0 Å². The normalized spacial score (nSPS) is 20.6. The van der Waals surface area contributed by atoms with Crippen LogP contribution in [0.4, 0.5) is 0 Å². The molecule has 1 saturated carbocycles. The topological polar surface area (TPSA) is 94.0 Å². The number of carbonyl (C=O) groups excluding carboxylic acids is 1. The van der Waals surface area contributed by atoms with Crippen molar-refractivity contribution in [1.82, 2.24) is 14.8 Å². The molecule has 0 atom stereocenters. The molecule has 0 saturated heterocycles. The van der Waals surface area contributed by atoms with Crippen LogP contribution in [-0.4, -0.2) is 25.8 Å². The van der Waals surface area contributed by atoms with Gasteiger partial charge in [-0.05, 0) is 69.1 Å². The summed E-state index contributed by atoms with van der Waals surface area (Å²) in [6.07, 6.45) is 6.24. The van der Waals surface area contributed by atoms with E-state index in [0.717, 1.165) is 49.2 Å². The van der Waals surface area contributed by atoms with Crippen LogP contribution in [0.3, 0.4) is 0 Å². The van der Waals surface area contributed by atoms with Crippen molar-refractivity contribution in [3.8, 4) is 0 Å². The lowest BCUT2D eigenvalue weighted by Gasteiger charge is -2.29. The van der Waals surface area contributed by atoms with Crippen LogP contribution in [0.15, 0.2) is 18.3 Å². The van der Waals surface area contributed by atoms with E-state index in [1.54, 1.807) is 0 Å². The number of amides is 1. The Balaban J connectivity index is 1.64. The highest BCUT2D eigenvalue weighted by Crippen LogP contribution is 2.36. The Bertz CT molecular complexity index is 761. The van der Waals surface area contributed by atoms with Gasteiger partial charge < -0.3 is 10.8 Å². The fraction of sp³-hybridized carbons (Fsp3) is 0.526. The SMILES string of the molecule is Cc1cc(CO)n(C[C@H]2CC[C@H](c3cnc(C)c(C(N)=O)c3)CC2)n1. The molecule has 0 radical (unpaired) electrons. The fourth-order valence-corrected chi connectivity index (χ4v) is 3.83. The molecule has 1 aliphatic rings. The number of nitrogens with two attached hydrogens (primary N) is 1. The summed E-state index contributed by atoms with van der Waals surface area (Å²) in [5.74, 6) is 0.583. The van der Waals surface area contributed by atoms with Gasteiger partial charge >= 0.3 is 0 Å². The number of hydrogen-bond acceptors (Lipinski definition) is 4. The van der Waals surface area contributed by atoms with Crippen molar-refractivity contribution in [3.05, 3.63) is 46.5 Å². The van der Waals surface area contributed by atoms with Crippen LogP contribution in [0.1, 0.15) is 64.6 Å². The maximum atomic E-state index is 11.5. The molecule has 6 heteroatoms. The van der Waals surface area contributed by atoms with Gasteiger partial charge in [-0.1, -0.05) is 0 Å². The molecule has 25 heavy (non-hydrogen) atoms. The molecule has 3 rings (SSSR count). The number of pyridine rings is 1. The quantitative estimate of drug-likeness (QED) is 0.873. The largest absolute Gasteiger partial charge is 0.390 e. The number of aliphatic hydroxyl groups is 1. The zero-order chi connectivity index (χ0) is 18.0. The third-order valence-corrected chi connectivity index (χ3v) is 5.27. The van der Waals surface area contributed by atoms with E-state index in [2.05, 4.69) is 10.1 Å². The average Bonchev–Trinajstić information content (AvgIpc) is 2.95. The number of rotatable bonds is 5. The predicted molar refractivity (Wildman–Crippen MR) is 95.1 cm³/mol. The third-order valence-electron chi connectivity index (χ3n) is 5.27. The number of carbonyl (C=O) groups is 1. The Morgan fingerprint density at radius 1 is 1.28 bits per heavy atom. The average molecular weight is 342 g/mol. The molecule has 0 unspecified atom stereocenters. The highest BCUT2D eigenvalue weighted by Gasteiger charge is 2.24. The molecule has 0 bridgehead atoms. The minimum Gasteiger partial charge on any atom is -0.390 e. The van der Waals surface area contributed by atoms with Crippen molar-refractivity contribution < 1.29 is 9.90 Å². The van der Waals surface area contributed by atoms with Crippen LogP contribution in [0, 0.1) is 19.8 Å². The Hall–Kier alpha value is -2.21. The second-order valence-electron chi connectivity index (χ2n) is 7.10. The summed E-state index contributed by atoms with van der Waals surface area (Å²) in [7, 11) is 0. The van der Waals surface area contributed by atoms with Crippen molar-refractivity contribution in [2.45, 2.75) is 58.6 Å². The van der Waals surface area contributed by atoms with Crippen molar-refractivity contribution in [2.24, 2.45) is 11.7 Å². The maximum absolute atomic E-state index is 11.5. The first-order chi connectivity index (χ1) is 12.0. The van der Waals surface area contributed by atoms with Gasteiger partial charge in [0.05, 0.1) is 23.6 Å². The number of hydrogen-bond donors (Lipinski definition) is 2. The molecule has 2 aromatic rings. The second-order valence-corrected chi connectivity index (χ2v) is 7.10. The molecule has 134 valence electrons. The zero-order valence-electron chi connectivity index (χ0n) is 14.9. The van der Waals surface area contributed by atoms with E-state index in [0.29, 0.717) is 23.1 Å². The Morgan fingerprint density at radius 3 is 2.64 bits per heavy atom. The van der Waals surface area contributed by atoms with Gasteiger partial charge in [0.1, 0.15) is 0 Å². The molecule has 0 aliphatic heterocycles. The lowest BCUT2D eigenvalue weighted by atomic mass is 9.79. The molecule has 1 amide bonds. The molecule has 3 N–H and O–H groups in total. The lowest BCUT2D eigenvalue weighted by Crippen LogP contribution is -2.21. The lowest BCUT2D eigenvalue weighted by molar-refractivity contribution is 0.0999. The van der Waals surface area contributed by atoms with Crippen molar-refractivity contribution in [1.29, 1.82) is 0 Å². The van der Waals surface area contributed by atoms with E-state index in [1.165, 1.54) is 0 Å². The molecule has 6 nitrogen and oxygen atoms in total. The Labute approximate surface area is 148 Å². The first-order valence-electron chi connectivity index (χ1n) is 8.88. The fourth-order valence-electron chi connectivity index (χ4n) is 3.83. The van der Waals surface area contributed by atoms with Crippen LogP contribution in [0.2, 0.25) is 0 Å². The number of primary amides is 1. The van der Waals surface area contributed by atoms with E-state index in [9.17, 15) is 9.90 Å². The summed E-state index contributed by atoms with van der Waals surface area (Å²) in [5, 5.41) is 13.9. The van der Waals surface area contributed by atoms with Crippen LogP contribution in [0.5, 0.6) is 0 Å². The van der Waals surface area contributed by atoms with E-state index < -0.39 is 5.91 Å². The van der Waals surface area contributed by atoms with Gasteiger partial charge in [-0.3, -0.25) is 14.5 Å². The number of nitrogens with zero attached hydrogens (tertiary/aromatic N) is 3. The van der Waals surface area contributed by atoms with Crippen molar-refractivity contribution >= 4 is 5.91 Å². The van der Waals surface area contributed by atoms with Crippen molar-refractivity contribution in [2.75, 3.05) is 0 Å². The van der Waals surface area contributed by atoms with E-state index in [4.69, 9.17) is 5.73 Å². The standard InChI is InChI=1S/C19H26N4O2/c1-12-7-17(11-24)23(22-12)10-14-3-5-15(6-4-14)16-8-18(19(20)25)13(2)21-9-16/h7-9,14-15,24H,3-6,10-11H2,1-2H3,(H2,20,25)/t14-,15-. The summed E-state index contributed by atoms with van der Waals surface area (Å²) in [6.45, 7) is 4.65. The predicted octanol–water partition coefficient (Wildman–Crippen LogP) is 2.46. The summed E-state index contributed by atoms with van der Waals surface area (Å²) in [6, 6.07) is 3.85. The zero-order valence-corrected chi connectivity index (χ0v) is 14.9. The molecular weight excluding hydrogens is 316 g/mol. The van der Waals surface area contributed by atoms with E-state index >= 15 is 0 Å². The molecule has 2 aromatic heterocycles. The Morgan fingerprint density at radius 2 is 2.00 bits per heavy atom. The molecule has 0 aromatic carbocycles.